The third-order valence-corrected chi connectivity index (χ3v) is 4.18. The van der Waals surface area contributed by atoms with Crippen LogP contribution in [0.2, 0.25) is 0 Å². The molecule has 0 aliphatic heterocycles. The second kappa shape index (κ2) is 7.34. The summed E-state index contributed by atoms with van der Waals surface area (Å²) in [4.78, 5) is 19.9. The molecule has 0 spiro atoms. The third-order valence-electron chi connectivity index (χ3n) is 4.18. The molecule has 0 unspecified atom stereocenters. The van der Waals surface area contributed by atoms with E-state index in [1.807, 2.05) is 0 Å². The number of hydrogen-bond acceptors (Lipinski definition) is 6. The lowest BCUT2D eigenvalue weighted by atomic mass is 10.1. The molecule has 9 heteroatoms. The standard InChI is InChI=1S/C19H18F3N5O/c1-10-26-17-5-12(9-28)16(24-2)7-15(17)18(27-10)25-8-11-3-13(19(20,21)22)6-14(23)4-11/h3-7,9,24H,8,23H2,1-2H3,(H,25,26,27). The number of nitrogen functional groups attached to an aromatic ring is 1. The summed E-state index contributed by atoms with van der Waals surface area (Å²) in [6.45, 7) is 1.78. The van der Waals surface area contributed by atoms with Crippen molar-refractivity contribution in [3.05, 3.63) is 52.8 Å². The summed E-state index contributed by atoms with van der Waals surface area (Å²) < 4.78 is 39.0. The molecule has 28 heavy (non-hydrogen) atoms. The molecule has 0 saturated carbocycles. The molecule has 2 aromatic carbocycles. The van der Waals surface area contributed by atoms with Gasteiger partial charge in [-0.2, -0.15) is 13.2 Å². The number of carbonyl (C=O) groups is 1. The van der Waals surface area contributed by atoms with Gasteiger partial charge in [-0.15, -0.1) is 0 Å². The number of nitrogens with zero attached hydrogens (tertiary/aromatic N) is 2. The highest BCUT2D eigenvalue weighted by Gasteiger charge is 2.31. The van der Waals surface area contributed by atoms with E-state index < -0.39 is 11.7 Å². The van der Waals surface area contributed by atoms with E-state index in [1.165, 1.54) is 6.07 Å². The number of aromatic nitrogens is 2. The smallest absolute Gasteiger partial charge is 0.399 e. The van der Waals surface area contributed by atoms with Crippen molar-refractivity contribution in [1.82, 2.24) is 9.97 Å². The van der Waals surface area contributed by atoms with Gasteiger partial charge in [0.15, 0.2) is 6.29 Å². The van der Waals surface area contributed by atoms with E-state index in [1.54, 1.807) is 26.1 Å². The predicted octanol–water partition coefficient (Wildman–Crippen LogP) is 4.01. The van der Waals surface area contributed by atoms with Gasteiger partial charge < -0.3 is 16.4 Å². The number of aldehydes is 1. The number of carbonyl (C=O) groups excluding carboxylic acids is 1. The lowest BCUT2D eigenvalue weighted by molar-refractivity contribution is -0.137. The Kier molecular flexibility index (Phi) is 5.08. The molecule has 1 aromatic heterocycles. The lowest BCUT2D eigenvalue weighted by Crippen LogP contribution is -2.09. The van der Waals surface area contributed by atoms with Gasteiger partial charge in [0.2, 0.25) is 0 Å². The van der Waals surface area contributed by atoms with Gasteiger partial charge in [0.25, 0.3) is 0 Å². The summed E-state index contributed by atoms with van der Waals surface area (Å²) in [6, 6.07) is 6.77. The zero-order chi connectivity index (χ0) is 20.5. The normalized spacial score (nSPS) is 11.5. The van der Waals surface area contributed by atoms with E-state index in [0.29, 0.717) is 39.4 Å². The Morgan fingerprint density at radius 1 is 1.14 bits per heavy atom. The number of halogens is 3. The largest absolute Gasteiger partial charge is 0.416 e. The minimum absolute atomic E-state index is 0.0310. The zero-order valence-corrected chi connectivity index (χ0v) is 15.2. The molecule has 4 N–H and O–H groups in total. The van der Waals surface area contributed by atoms with Gasteiger partial charge in [-0.1, -0.05) is 0 Å². The van der Waals surface area contributed by atoms with Crippen molar-refractivity contribution in [2.45, 2.75) is 19.6 Å². The summed E-state index contributed by atoms with van der Waals surface area (Å²) in [5.74, 6) is 0.917. The average Bonchev–Trinajstić information content (AvgIpc) is 2.63. The summed E-state index contributed by atoms with van der Waals surface area (Å²) in [5, 5.41) is 6.62. The number of hydrogen-bond donors (Lipinski definition) is 3. The highest BCUT2D eigenvalue weighted by atomic mass is 19.4. The van der Waals surface area contributed by atoms with E-state index in [4.69, 9.17) is 5.73 Å². The summed E-state index contributed by atoms with van der Waals surface area (Å²) in [7, 11) is 1.68. The van der Waals surface area contributed by atoms with Crippen molar-refractivity contribution in [2.24, 2.45) is 0 Å². The van der Waals surface area contributed by atoms with Crippen molar-refractivity contribution < 1.29 is 18.0 Å². The number of alkyl halides is 3. The molecular formula is C19H18F3N5O. The quantitative estimate of drug-likeness (QED) is 0.451. The number of nitrogens with one attached hydrogen (secondary N) is 2. The topological polar surface area (TPSA) is 92.9 Å². The molecule has 146 valence electrons. The van der Waals surface area contributed by atoms with Gasteiger partial charge in [0, 0.05) is 35.9 Å². The molecule has 0 aliphatic rings. The molecule has 0 bridgehead atoms. The maximum atomic E-state index is 13.0. The highest BCUT2D eigenvalue weighted by molar-refractivity contribution is 5.98. The number of nitrogens with two attached hydrogens (primary N) is 1. The van der Waals surface area contributed by atoms with Gasteiger partial charge in [0.05, 0.1) is 11.1 Å². The lowest BCUT2D eigenvalue weighted by Gasteiger charge is -2.14. The molecular weight excluding hydrogens is 371 g/mol. The number of fused-ring (bicyclic) bond motifs is 1. The summed E-state index contributed by atoms with van der Waals surface area (Å²) in [5.41, 5.74) is 6.81. The van der Waals surface area contributed by atoms with E-state index in [0.717, 1.165) is 18.4 Å². The van der Waals surface area contributed by atoms with Gasteiger partial charge in [0.1, 0.15) is 11.6 Å². The summed E-state index contributed by atoms with van der Waals surface area (Å²) in [6.07, 6.45) is -3.75. The molecule has 0 amide bonds. The fourth-order valence-electron chi connectivity index (χ4n) is 2.93. The molecule has 0 fully saturated rings. The van der Waals surface area contributed by atoms with Crippen LogP contribution < -0.4 is 16.4 Å². The molecule has 0 radical (unpaired) electrons. The van der Waals surface area contributed by atoms with Crippen molar-refractivity contribution in [3.8, 4) is 0 Å². The number of anilines is 3. The summed E-state index contributed by atoms with van der Waals surface area (Å²) >= 11 is 0. The van der Waals surface area contributed by atoms with Crippen LogP contribution in [0.15, 0.2) is 30.3 Å². The SMILES string of the molecule is CNc1cc2c(NCc3cc(N)cc(C(F)(F)F)c3)nc(C)nc2cc1C=O. The molecule has 0 aliphatic carbocycles. The number of rotatable bonds is 5. The Balaban J connectivity index is 1.99. The maximum absolute atomic E-state index is 13.0. The number of aryl methyl sites for hydroxylation is 1. The van der Waals surface area contributed by atoms with Crippen molar-refractivity contribution in [3.63, 3.8) is 0 Å². The first kappa shape index (κ1) is 19.4. The maximum Gasteiger partial charge on any atom is 0.416 e. The minimum atomic E-state index is -4.48. The fourth-order valence-corrected chi connectivity index (χ4v) is 2.93. The number of benzene rings is 2. The first-order valence-corrected chi connectivity index (χ1v) is 8.37. The molecule has 1 heterocycles. The van der Waals surface area contributed by atoms with Gasteiger partial charge in [-0.05, 0) is 42.8 Å². The van der Waals surface area contributed by atoms with Crippen molar-refractivity contribution >= 4 is 34.4 Å². The molecule has 3 aromatic rings. The Morgan fingerprint density at radius 2 is 1.89 bits per heavy atom. The van der Waals surface area contributed by atoms with Gasteiger partial charge in [-0.3, -0.25) is 4.79 Å². The third kappa shape index (κ3) is 3.98. The first-order valence-electron chi connectivity index (χ1n) is 8.37. The Morgan fingerprint density at radius 3 is 2.54 bits per heavy atom. The van der Waals surface area contributed by atoms with Crippen LogP contribution in [0.1, 0.15) is 27.3 Å². The van der Waals surface area contributed by atoms with Crippen molar-refractivity contribution in [2.75, 3.05) is 23.4 Å². The van der Waals surface area contributed by atoms with E-state index in [9.17, 15) is 18.0 Å². The van der Waals surface area contributed by atoms with Gasteiger partial charge >= 0.3 is 6.18 Å². The van der Waals surface area contributed by atoms with Crippen LogP contribution in [0.5, 0.6) is 0 Å². The van der Waals surface area contributed by atoms with Crippen LogP contribution in [0.3, 0.4) is 0 Å². The predicted molar refractivity (Wildman–Crippen MR) is 102 cm³/mol. The van der Waals surface area contributed by atoms with Crippen LogP contribution in [0.25, 0.3) is 10.9 Å². The first-order chi connectivity index (χ1) is 13.2. The Hall–Kier alpha value is -3.36. The Bertz CT molecular complexity index is 1050. The van der Waals surface area contributed by atoms with E-state index >= 15 is 0 Å². The van der Waals surface area contributed by atoms with Crippen LogP contribution in [0, 0.1) is 6.92 Å². The zero-order valence-electron chi connectivity index (χ0n) is 15.2. The Labute approximate surface area is 159 Å². The van der Waals surface area contributed by atoms with E-state index in [-0.39, 0.29) is 12.2 Å². The van der Waals surface area contributed by atoms with Crippen LogP contribution in [-0.2, 0) is 12.7 Å². The second-order valence-corrected chi connectivity index (χ2v) is 6.26. The average molecular weight is 389 g/mol. The van der Waals surface area contributed by atoms with Crippen LogP contribution >= 0.6 is 0 Å². The molecule has 0 atom stereocenters. The van der Waals surface area contributed by atoms with Crippen molar-refractivity contribution in [1.29, 1.82) is 0 Å². The molecule has 0 saturated heterocycles. The second-order valence-electron chi connectivity index (χ2n) is 6.26. The molecule has 6 nitrogen and oxygen atoms in total. The van der Waals surface area contributed by atoms with Gasteiger partial charge in [-0.25, -0.2) is 9.97 Å². The van der Waals surface area contributed by atoms with Crippen LogP contribution in [-0.4, -0.2) is 23.3 Å². The monoisotopic (exact) mass is 389 g/mol. The van der Waals surface area contributed by atoms with E-state index in [2.05, 4.69) is 20.6 Å². The fraction of sp³-hybridized carbons (Fsp3) is 0.211. The highest BCUT2D eigenvalue weighted by Crippen LogP contribution is 2.32. The minimum Gasteiger partial charge on any atom is -0.399 e. The van der Waals surface area contributed by atoms with Crippen LogP contribution in [0.4, 0.5) is 30.4 Å². The molecule has 3 rings (SSSR count).